The third-order valence-electron chi connectivity index (χ3n) is 5.15. The zero-order valence-electron chi connectivity index (χ0n) is 14.9. The number of imidazole rings is 1. The van der Waals surface area contributed by atoms with Crippen LogP contribution in [0.3, 0.4) is 0 Å². The van der Waals surface area contributed by atoms with E-state index in [2.05, 4.69) is 37.6 Å². The molecule has 3 aromatic heterocycles. The molecule has 6 nitrogen and oxygen atoms in total. The summed E-state index contributed by atoms with van der Waals surface area (Å²) in [6.45, 7) is 1.93. The van der Waals surface area contributed by atoms with Gasteiger partial charge in [-0.1, -0.05) is 12.1 Å². The molecular weight excluding hydrogens is 336 g/mol. The predicted molar refractivity (Wildman–Crippen MR) is 105 cm³/mol. The number of hydrogen-bond acceptors (Lipinski definition) is 5. The summed E-state index contributed by atoms with van der Waals surface area (Å²) in [5.41, 5.74) is 1.96. The molecule has 0 aliphatic carbocycles. The molecule has 0 bridgehead atoms. The van der Waals surface area contributed by atoms with Crippen LogP contribution < -0.4 is 4.90 Å². The van der Waals surface area contributed by atoms with E-state index >= 15 is 0 Å². The molecule has 4 heterocycles. The highest BCUT2D eigenvalue weighted by molar-refractivity contribution is 5.91. The normalized spacial score (nSPS) is 16.9. The zero-order chi connectivity index (χ0) is 18.1. The van der Waals surface area contributed by atoms with Crippen molar-refractivity contribution < 1.29 is 0 Å². The summed E-state index contributed by atoms with van der Waals surface area (Å²) >= 11 is 0. The highest BCUT2D eigenvalue weighted by Crippen LogP contribution is 2.32. The molecule has 27 heavy (non-hydrogen) atoms. The Labute approximate surface area is 157 Å². The van der Waals surface area contributed by atoms with Gasteiger partial charge in [-0.05, 0) is 37.1 Å². The van der Waals surface area contributed by atoms with Crippen LogP contribution in [0.5, 0.6) is 0 Å². The molecule has 1 fully saturated rings. The van der Waals surface area contributed by atoms with Crippen LogP contribution in [0.15, 0.2) is 67.5 Å². The first-order chi connectivity index (χ1) is 13.4. The molecule has 1 atom stereocenters. The highest BCUT2D eigenvalue weighted by Gasteiger charge is 2.28. The second-order valence-corrected chi connectivity index (χ2v) is 6.87. The van der Waals surface area contributed by atoms with Gasteiger partial charge in [0, 0.05) is 54.9 Å². The van der Waals surface area contributed by atoms with Crippen molar-refractivity contribution in [3.63, 3.8) is 0 Å². The molecule has 134 valence electrons. The van der Waals surface area contributed by atoms with E-state index in [1.165, 1.54) is 6.42 Å². The summed E-state index contributed by atoms with van der Waals surface area (Å²) in [6, 6.07) is 12.6. The number of pyridine rings is 1. The monoisotopic (exact) mass is 356 g/mol. The molecule has 0 spiro atoms. The average molecular weight is 356 g/mol. The SMILES string of the molecule is c1ccc2c(N3CCCC3Cn3ccnc3)nc(-c3ccncc3)nc2c1. The fraction of sp³-hybridized carbons (Fsp3) is 0.238. The average Bonchev–Trinajstić information content (AvgIpc) is 3.40. The first kappa shape index (κ1) is 15.9. The zero-order valence-corrected chi connectivity index (χ0v) is 14.9. The number of benzene rings is 1. The second kappa shape index (κ2) is 6.79. The maximum Gasteiger partial charge on any atom is 0.162 e. The van der Waals surface area contributed by atoms with Crippen LogP contribution in [-0.4, -0.2) is 37.1 Å². The Hall–Kier alpha value is -3.28. The van der Waals surface area contributed by atoms with Crippen molar-refractivity contribution in [3.05, 3.63) is 67.5 Å². The number of rotatable bonds is 4. The smallest absolute Gasteiger partial charge is 0.162 e. The molecule has 1 aromatic carbocycles. The quantitative estimate of drug-likeness (QED) is 0.560. The third kappa shape index (κ3) is 3.03. The molecule has 6 heteroatoms. The van der Waals surface area contributed by atoms with Gasteiger partial charge in [0.25, 0.3) is 0 Å². The maximum atomic E-state index is 4.99. The lowest BCUT2D eigenvalue weighted by Gasteiger charge is -2.27. The first-order valence-corrected chi connectivity index (χ1v) is 9.28. The Morgan fingerprint density at radius 2 is 1.85 bits per heavy atom. The predicted octanol–water partition coefficient (Wildman–Crippen LogP) is 3.56. The minimum atomic E-state index is 0.405. The number of para-hydroxylation sites is 1. The van der Waals surface area contributed by atoms with Gasteiger partial charge >= 0.3 is 0 Å². The molecule has 1 aliphatic rings. The van der Waals surface area contributed by atoms with E-state index in [0.717, 1.165) is 47.6 Å². The van der Waals surface area contributed by atoms with E-state index in [0.29, 0.717) is 6.04 Å². The van der Waals surface area contributed by atoms with Gasteiger partial charge in [-0.15, -0.1) is 0 Å². The van der Waals surface area contributed by atoms with Crippen molar-refractivity contribution in [1.29, 1.82) is 0 Å². The van der Waals surface area contributed by atoms with Crippen LogP contribution in [0.4, 0.5) is 5.82 Å². The van der Waals surface area contributed by atoms with Crippen LogP contribution in [0.25, 0.3) is 22.3 Å². The van der Waals surface area contributed by atoms with Gasteiger partial charge < -0.3 is 9.47 Å². The first-order valence-electron chi connectivity index (χ1n) is 9.28. The molecule has 0 amide bonds. The number of aromatic nitrogens is 5. The topological polar surface area (TPSA) is 59.7 Å². The van der Waals surface area contributed by atoms with Gasteiger partial charge in [0.1, 0.15) is 5.82 Å². The summed E-state index contributed by atoms with van der Waals surface area (Å²) < 4.78 is 2.15. The maximum absolute atomic E-state index is 4.99. The summed E-state index contributed by atoms with van der Waals surface area (Å²) in [4.78, 5) is 20.5. The van der Waals surface area contributed by atoms with Gasteiger partial charge in [-0.3, -0.25) is 4.98 Å². The van der Waals surface area contributed by atoms with Crippen LogP contribution >= 0.6 is 0 Å². The molecular formula is C21H20N6. The van der Waals surface area contributed by atoms with Crippen LogP contribution in [-0.2, 0) is 6.54 Å². The number of anilines is 1. The Morgan fingerprint density at radius 3 is 2.70 bits per heavy atom. The minimum absolute atomic E-state index is 0.405. The minimum Gasteiger partial charge on any atom is -0.351 e. The number of fused-ring (bicyclic) bond motifs is 1. The van der Waals surface area contributed by atoms with Gasteiger partial charge in [0.15, 0.2) is 5.82 Å². The van der Waals surface area contributed by atoms with E-state index in [9.17, 15) is 0 Å². The van der Waals surface area contributed by atoms with Crippen LogP contribution in [0.2, 0.25) is 0 Å². The molecule has 0 saturated carbocycles. The fourth-order valence-corrected chi connectivity index (χ4v) is 3.85. The van der Waals surface area contributed by atoms with Gasteiger partial charge in [0.2, 0.25) is 0 Å². The van der Waals surface area contributed by atoms with Crippen molar-refractivity contribution in [1.82, 2.24) is 24.5 Å². The Bertz CT molecular complexity index is 1040. The summed E-state index contributed by atoms with van der Waals surface area (Å²) in [7, 11) is 0. The molecule has 0 N–H and O–H groups in total. The molecule has 0 radical (unpaired) electrons. The molecule has 4 aromatic rings. The summed E-state index contributed by atoms with van der Waals surface area (Å²) in [5.74, 6) is 1.77. The van der Waals surface area contributed by atoms with Gasteiger partial charge in [-0.2, -0.15) is 0 Å². The highest BCUT2D eigenvalue weighted by atomic mass is 15.3. The van der Waals surface area contributed by atoms with Crippen LogP contribution in [0.1, 0.15) is 12.8 Å². The Balaban J connectivity index is 1.60. The van der Waals surface area contributed by atoms with E-state index in [-0.39, 0.29) is 0 Å². The Morgan fingerprint density at radius 1 is 0.963 bits per heavy atom. The van der Waals surface area contributed by atoms with E-state index in [1.807, 2.05) is 36.9 Å². The van der Waals surface area contributed by atoms with Crippen molar-refractivity contribution in [3.8, 4) is 11.4 Å². The summed E-state index contributed by atoms with van der Waals surface area (Å²) in [6.07, 6.45) is 11.6. The van der Waals surface area contributed by atoms with Crippen molar-refractivity contribution in [2.45, 2.75) is 25.4 Å². The van der Waals surface area contributed by atoms with Crippen LogP contribution in [0, 0.1) is 0 Å². The molecule has 1 unspecified atom stereocenters. The van der Waals surface area contributed by atoms with Crippen molar-refractivity contribution >= 4 is 16.7 Å². The molecule has 5 rings (SSSR count). The summed E-state index contributed by atoms with van der Waals surface area (Å²) in [5, 5.41) is 1.10. The van der Waals surface area contributed by atoms with Crippen molar-refractivity contribution in [2.24, 2.45) is 0 Å². The lowest BCUT2D eigenvalue weighted by atomic mass is 10.1. The Kier molecular flexibility index (Phi) is 4.01. The largest absolute Gasteiger partial charge is 0.351 e. The lowest BCUT2D eigenvalue weighted by molar-refractivity contribution is 0.548. The lowest BCUT2D eigenvalue weighted by Crippen LogP contribution is -2.33. The van der Waals surface area contributed by atoms with E-state index in [1.54, 1.807) is 12.4 Å². The molecule has 1 saturated heterocycles. The molecule has 1 aliphatic heterocycles. The number of hydrogen-bond donors (Lipinski definition) is 0. The van der Waals surface area contributed by atoms with Crippen molar-refractivity contribution in [2.75, 3.05) is 11.4 Å². The van der Waals surface area contributed by atoms with Gasteiger partial charge in [0.05, 0.1) is 11.8 Å². The third-order valence-corrected chi connectivity index (χ3v) is 5.15. The van der Waals surface area contributed by atoms with E-state index in [4.69, 9.17) is 9.97 Å². The number of nitrogens with zero attached hydrogens (tertiary/aromatic N) is 6. The standard InChI is InChI=1S/C21H20N6/c1-2-6-19-18(5-1)21(25-20(24-19)16-7-9-22-10-8-16)27-12-3-4-17(27)14-26-13-11-23-15-26/h1-2,5-11,13,15,17H,3-4,12,14H2. The second-order valence-electron chi connectivity index (χ2n) is 6.87. The van der Waals surface area contributed by atoms with Gasteiger partial charge in [-0.25, -0.2) is 15.0 Å². The van der Waals surface area contributed by atoms with E-state index < -0.39 is 0 Å². The fourth-order valence-electron chi connectivity index (χ4n) is 3.85.